The fourth-order valence-electron chi connectivity index (χ4n) is 2.31. The lowest BCUT2D eigenvalue weighted by Crippen LogP contribution is -2.38. The number of nitrogens with one attached hydrogen (secondary N) is 1. The lowest BCUT2D eigenvalue weighted by molar-refractivity contribution is -0.132. The van der Waals surface area contributed by atoms with Crippen LogP contribution in [0.1, 0.15) is 37.4 Å². The monoisotopic (exact) mass is 236 g/mol. The van der Waals surface area contributed by atoms with Crippen LogP contribution in [0.15, 0.2) is 12.4 Å². The number of H-pyrrole nitrogens is 1. The highest BCUT2D eigenvalue weighted by atomic mass is 16.2. The predicted molar refractivity (Wildman–Crippen MR) is 65.4 cm³/mol. The molecule has 1 aliphatic rings. The molecule has 5 nitrogen and oxygen atoms in total. The third-order valence-corrected chi connectivity index (χ3v) is 3.35. The molecule has 2 rings (SSSR count). The normalized spacial score (nSPS) is 17.4. The number of carbonyl (C=O) groups excluding carboxylic acids is 1. The lowest BCUT2D eigenvalue weighted by Gasteiger charge is -2.31. The Labute approximate surface area is 101 Å². The Morgan fingerprint density at radius 1 is 1.53 bits per heavy atom. The topological polar surface area (TPSA) is 75.0 Å². The molecular formula is C12H20N4O. The zero-order valence-electron chi connectivity index (χ0n) is 10.1. The minimum atomic E-state index is 0.244. The van der Waals surface area contributed by atoms with E-state index < -0.39 is 0 Å². The first-order valence-electron chi connectivity index (χ1n) is 6.28. The van der Waals surface area contributed by atoms with Crippen molar-refractivity contribution in [2.24, 2.45) is 5.73 Å². The van der Waals surface area contributed by atoms with Gasteiger partial charge in [-0.3, -0.25) is 4.79 Å². The lowest BCUT2D eigenvalue weighted by atomic mass is 9.96. The number of piperidine rings is 1. The molecule has 0 unspecified atom stereocenters. The molecular weight excluding hydrogens is 216 g/mol. The maximum absolute atomic E-state index is 11.8. The second kappa shape index (κ2) is 5.82. The van der Waals surface area contributed by atoms with Gasteiger partial charge in [0.05, 0.1) is 0 Å². The maximum Gasteiger partial charge on any atom is 0.222 e. The molecule has 94 valence electrons. The Balaban J connectivity index is 1.80. The van der Waals surface area contributed by atoms with Crippen molar-refractivity contribution in [3.05, 3.63) is 18.2 Å². The van der Waals surface area contributed by atoms with Crippen molar-refractivity contribution in [2.45, 2.75) is 31.6 Å². The maximum atomic E-state index is 11.8. The molecule has 1 amide bonds. The van der Waals surface area contributed by atoms with Gasteiger partial charge in [0.15, 0.2) is 0 Å². The summed E-state index contributed by atoms with van der Waals surface area (Å²) in [5, 5.41) is 0. The Morgan fingerprint density at radius 3 is 2.88 bits per heavy atom. The molecule has 0 aromatic carbocycles. The van der Waals surface area contributed by atoms with Gasteiger partial charge in [-0.2, -0.15) is 0 Å². The van der Waals surface area contributed by atoms with Crippen molar-refractivity contribution < 1.29 is 4.79 Å². The van der Waals surface area contributed by atoms with Gasteiger partial charge >= 0.3 is 0 Å². The molecule has 1 aromatic heterocycles. The van der Waals surface area contributed by atoms with E-state index in [0.717, 1.165) is 38.2 Å². The number of carbonyl (C=O) groups is 1. The van der Waals surface area contributed by atoms with Crippen molar-refractivity contribution in [2.75, 3.05) is 19.6 Å². The third kappa shape index (κ3) is 3.06. The molecule has 0 aliphatic carbocycles. The van der Waals surface area contributed by atoms with E-state index in [1.807, 2.05) is 11.1 Å². The van der Waals surface area contributed by atoms with E-state index in [4.69, 9.17) is 5.73 Å². The van der Waals surface area contributed by atoms with Crippen LogP contribution in [0.5, 0.6) is 0 Å². The van der Waals surface area contributed by atoms with Crippen LogP contribution in [-0.2, 0) is 4.79 Å². The molecule has 0 spiro atoms. The van der Waals surface area contributed by atoms with Crippen LogP contribution in [0.3, 0.4) is 0 Å². The van der Waals surface area contributed by atoms with Gasteiger partial charge in [0, 0.05) is 37.8 Å². The number of hydrogen-bond acceptors (Lipinski definition) is 3. The average Bonchev–Trinajstić information content (AvgIpc) is 2.90. The minimum Gasteiger partial charge on any atom is -0.348 e. The first-order valence-corrected chi connectivity index (χ1v) is 6.28. The van der Waals surface area contributed by atoms with Gasteiger partial charge in [-0.1, -0.05) is 0 Å². The zero-order chi connectivity index (χ0) is 12.1. The Hall–Kier alpha value is -1.36. The largest absolute Gasteiger partial charge is 0.348 e. The van der Waals surface area contributed by atoms with Gasteiger partial charge in [-0.15, -0.1) is 0 Å². The summed E-state index contributed by atoms with van der Waals surface area (Å²) < 4.78 is 0. The van der Waals surface area contributed by atoms with Gasteiger partial charge in [-0.25, -0.2) is 4.98 Å². The number of aromatic amines is 1. The quantitative estimate of drug-likeness (QED) is 0.814. The van der Waals surface area contributed by atoms with Gasteiger partial charge in [-0.05, 0) is 25.8 Å². The van der Waals surface area contributed by atoms with Crippen LogP contribution in [0, 0.1) is 0 Å². The summed E-state index contributed by atoms with van der Waals surface area (Å²) in [7, 11) is 0. The smallest absolute Gasteiger partial charge is 0.222 e. The number of rotatable bonds is 4. The number of nitrogens with zero attached hydrogens (tertiary/aromatic N) is 2. The van der Waals surface area contributed by atoms with E-state index in [0.29, 0.717) is 18.9 Å². The zero-order valence-corrected chi connectivity index (χ0v) is 10.1. The Kier molecular flexibility index (Phi) is 4.14. The molecule has 1 aliphatic heterocycles. The van der Waals surface area contributed by atoms with Crippen LogP contribution in [0.2, 0.25) is 0 Å². The first kappa shape index (κ1) is 12.1. The van der Waals surface area contributed by atoms with E-state index in [1.165, 1.54) is 0 Å². The minimum absolute atomic E-state index is 0.244. The summed E-state index contributed by atoms with van der Waals surface area (Å²) in [5.41, 5.74) is 5.41. The number of aromatic nitrogens is 2. The molecule has 1 aromatic rings. The van der Waals surface area contributed by atoms with Gasteiger partial charge in [0.25, 0.3) is 0 Å². The second-order valence-electron chi connectivity index (χ2n) is 4.52. The highest BCUT2D eigenvalue weighted by Crippen LogP contribution is 2.25. The van der Waals surface area contributed by atoms with Crippen molar-refractivity contribution >= 4 is 5.91 Å². The van der Waals surface area contributed by atoms with E-state index in [2.05, 4.69) is 9.97 Å². The van der Waals surface area contributed by atoms with Gasteiger partial charge < -0.3 is 15.6 Å². The summed E-state index contributed by atoms with van der Waals surface area (Å²) in [4.78, 5) is 21.2. The van der Waals surface area contributed by atoms with Gasteiger partial charge in [0.2, 0.25) is 5.91 Å². The molecule has 0 saturated carbocycles. The Morgan fingerprint density at radius 2 is 2.29 bits per heavy atom. The van der Waals surface area contributed by atoms with Crippen molar-refractivity contribution in [1.29, 1.82) is 0 Å². The molecule has 0 radical (unpaired) electrons. The fraction of sp³-hybridized carbons (Fsp3) is 0.667. The first-order chi connectivity index (χ1) is 8.31. The average molecular weight is 236 g/mol. The second-order valence-corrected chi connectivity index (χ2v) is 4.52. The molecule has 2 heterocycles. The van der Waals surface area contributed by atoms with Crippen LogP contribution in [0.25, 0.3) is 0 Å². The number of hydrogen-bond donors (Lipinski definition) is 2. The predicted octanol–water partition coefficient (Wildman–Crippen LogP) is 0.855. The van der Waals surface area contributed by atoms with Crippen LogP contribution < -0.4 is 5.73 Å². The fourth-order valence-corrected chi connectivity index (χ4v) is 2.31. The number of nitrogens with two attached hydrogens (primary N) is 1. The standard InChI is InChI=1S/C12H20N4O/c13-5-1-2-11(17)16-8-3-10(4-9-16)12-14-6-7-15-12/h6-7,10H,1-5,8-9,13H2,(H,14,15). The highest BCUT2D eigenvalue weighted by molar-refractivity contribution is 5.76. The molecule has 3 N–H and O–H groups in total. The molecule has 0 bridgehead atoms. The number of imidazole rings is 1. The van der Waals surface area contributed by atoms with Crippen LogP contribution >= 0.6 is 0 Å². The molecule has 5 heteroatoms. The molecule has 1 saturated heterocycles. The van der Waals surface area contributed by atoms with Crippen molar-refractivity contribution in [3.63, 3.8) is 0 Å². The summed E-state index contributed by atoms with van der Waals surface area (Å²) in [6.45, 7) is 2.28. The summed E-state index contributed by atoms with van der Waals surface area (Å²) in [5.74, 6) is 1.77. The van der Waals surface area contributed by atoms with E-state index in [1.54, 1.807) is 6.20 Å². The van der Waals surface area contributed by atoms with E-state index >= 15 is 0 Å². The van der Waals surface area contributed by atoms with E-state index in [9.17, 15) is 4.79 Å². The molecule has 0 atom stereocenters. The summed E-state index contributed by atoms with van der Waals surface area (Å²) in [6, 6.07) is 0. The molecule has 17 heavy (non-hydrogen) atoms. The SMILES string of the molecule is NCCCC(=O)N1CCC(c2ncc[nH]2)CC1. The van der Waals surface area contributed by atoms with E-state index in [-0.39, 0.29) is 5.91 Å². The number of amides is 1. The van der Waals surface area contributed by atoms with Gasteiger partial charge in [0.1, 0.15) is 5.82 Å². The van der Waals surface area contributed by atoms with Crippen molar-refractivity contribution in [1.82, 2.24) is 14.9 Å². The van der Waals surface area contributed by atoms with Crippen molar-refractivity contribution in [3.8, 4) is 0 Å². The summed E-state index contributed by atoms with van der Waals surface area (Å²) >= 11 is 0. The third-order valence-electron chi connectivity index (χ3n) is 3.35. The van der Waals surface area contributed by atoms with Crippen LogP contribution in [0.4, 0.5) is 0 Å². The highest BCUT2D eigenvalue weighted by Gasteiger charge is 2.24. The number of likely N-dealkylation sites (tertiary alicyclic amines) is 1. The Bertz CT molecular complexity index is 341. The summed E-state index contributed by atoms with van der Waals surface area (Å²) in [6.07, 6.45) is 7.02. The molecule has 1 fully saturated rings. The van der Waals surface area contributed by atoms with Crippen LogP contribution in [-0.4, -0.2) is 40.4 Å².